The summed E-state index contributed by atoms with van der Waals surface area (Å²) in [7, 11) is 0. The summed E-state index contributed by atoms with van der Waals surface area (Å²) in [6, 6.07) is 21.9. The Labute approximate surface area is 183 Å². The van der Waals surface area contributed by atoms with Gasteiger partial charge in [0, 0.05) is 17.1 Å². The molecule has 4 aromatic rings. The number of hydrogen-bond acceptors (Lipinski definition) is 3. The molecule has 0 saturated heterocycles. The first-order valence-electron chi connectivity index (χ1n) is 9.99. The maximum absolute atomic E-state index is 13.4. The van der Waals surface area contributed by atoms with E-state index in [-0.39, 0.29) is 11.5 Å². The van der Waals surface area contributed by atoms with E-state index in [0.717, 1.165) is 11.3 Å². The minimum Gasteiger partial charge on any atom is -0.308 e. The molecule has 0 fully saturated rings. The number of aromatic nitrogens is 2. The highest BCUT2D eigenvalue weighted by molar-refractivity contribution is 6.35. The molecule has 0 N–H and O–H groups in total. The van der Waals surface area contributed by atoms with E-state index in [1.54, 1.807) is 47.4 Å². The summed E-state index contributed by atoms with van der Waals surface area (Å²) in [6.07, 6.45) is 1.71. The van der Waals surface area contributed by atoms with Gasteiger partial charge in [0.2, 0.25) is 0 Å². The normalized spacial score (nSPS) is 14.5. The Bertz CT molecular complexity index is 1420. The van der Waals surface area contributed by atoms with E-state index in [1.807, 2.05) is 43.3 Å². The fourth-order valence-corrected chi connectivity index (χ4v) is 4.10. The molecular weight excluding hydrogens is 410 g/mol. The van der Waals surface area contributed by atoms with Crippen LogP contribution >= 0.6 is 11.6 Å². The number of para-hydroxylation sites is 2. The van der Waals surface area contributed by atoms with Gasteiger partial charge in [-0.3, -0.25) is 14.2 Å². The summed E-state index contributed by atoms with van der Waals surface area (Å²) in [5, 5.41) is 1.08. The first-order chi connectivity index (χ1) is 15.1. The molecule has 0 spiro atoms. The fourth-order valence-electron chi connectivity index (χ4n) is 3.98. The number of carbonyl (C=O) groups is 1. The predicted molar refractivity (Wildman–Crippen MR) is 125 cm³/mol. The number of anilines is 1. The van der Waals surface area contributed by atoms with Gasteiger partial charge >= 0.3 is 0 Å². The van der Waals surface area contributed by atoms with Crippen molar-refractivity contribution in [1.82, 2.24) is 9.55 Å². The van der Waals surface area contributed by atoms with Gasteiger partial charge in [0.25, 0.3) is 11.5 Å². The Morgan fingerprint density at radius 2 is 1.65 bits per heavy atom. The van der Waals surface area contributed by atoms with E-state index in [2.05, 4.69) is 0 Å². The molecule has 0 atom stereocenters. The van der Waals surface area contributed by atoms with Crippen molar-refractivity contribution in [2.45, 2.75) is 6.92 Å². The minimum atomic E-state index is -0.203. The summed E-state index contributed by atoms with van der Waals surface area (Å²) in [5.74, 6) is 0.288. The van der Waals surface area contributed by atoms with Crippen LogP contribution in [0.3, 0.4) is 0 Å². The maximum atomic E-state index is 13.4. The molecule has 0 radical (unpaired) electrons. The monoisotopic (exact) mass is 427 g/mol. The van der Waals surface area contributed by atoms with Gasteiger partial charge in [0.15, 0.2) is 0 Å². The van der Waals surface area contributed by atoms with Gasteiger partial charge in [-0.15, -0.1) is 0 Å². The minimum absolute atomic E-state index is 0.103. The maximum Gasteiger partial charge on any atom is 0.266 e. The van der Waals surface area contributed by atoms with Crippen LogP contribution in [0.4, 0.5) is 5.69 Å². The Morgan fingerprint density at radius 3 is 2.42 bits per heavy atom. The standard InChI is InChI=1S/C25H18ClN3O2/c1-2-28-22-10-6-4-7-18(22)20(24(28)30)15-23-27-21-9-5-3-8-19(21)25(31)29(23)17-13-11-16(26)12-14-17/h3-15H,2H2,1H3/b20-15-. The average Bonchev–Trinajstić information content (AvgIpc) is 3.06. The zero-order valence-corrected chi connectivity index (χ0v) is 17.5. The molecule has 1 aromatic heterocycles. The van der Waals surface area contributed by atoms with Crippen LogP contribution in [0.1, 0.15) is 18.3 Å². The number of hydrogen-bond donors (Lipinski definition) is 0. The van der Waals surface area contributed by atoms with Gasteiger partial charge in [-0.1, -0.05) is 41.9 Å². The number of fused-ring (bicyclic) bond motifs is 2. The molecule has 0 saturated carbocycles. The molecule has 2 heterocycles. The summed E-state index contributed by atoms with van der Waals surface area (Å²) in [6.45, 7) is 2.50. The van der Waals surface area contributed by atoms with Gasteiger partial charge in [0.05, 0.1) is 27.9 Å². The van der Waals surface area contributed by atoms with Gasteiger partial charge < -0.3 is 4.90 Å². The lowest BCUT2D eigenvalue weighted by Gasteiger charge is -2.14. The van der Waals surface area contributed by atoms with E-state index in [9.17, 15) is 9.59 Å². The highest BCUT2D eigenvalue weighted by Gasteiger charge is 2.31. The van der Waals surface area contributed by atoms with Crippen molar-refractivity contribution in [2.75, 3.05) is 11.4 Å². The molecule has 152 valence electrons. The molecule has 0 unspecified atom stereocenters. The zero-order chi connectivity index (χ0) is 21.5. The molecule has 31 heavy (non-hydrogen) atoms. The van der Waals surface area contributed by atoms with Crippen LogP contribution in [0.15, 0.2) is 77.6 Å². The number of carbonyl (C=O) groups excluding carboxylic acids is 1. The number of benzene rings is 3. The third-order valence-electron chi connectivity index (χ3n) is 5.44. The van der Waals surface area contributed by atoms with Gasteiger partial charge in [-0.05, 0) is 55.5 Å². The zero-order valence-electron chi connectivity index (χ0n) is 16.7. The van der Waals surface area contributed by atoms with Crippen molar-refractivity contribution in [3.63, 3.8) is 0 Å². The lowest BCUT2D eigenvalue weighted by molar-refractivity contribution is -0.112. The molecule has 0 aliphatic carbocycles. The van der Waals surface area contributed by atoms with Crippen LogP contribution in [0, 0.1) is 0 Å². The van der Waals surface area contributed by atoms with Crippen LogP contribution in [0.5, 0.6) is 0 Å². The van der Waals surface area contributed by atoms with E-state index in [4.69, 9.17) is 16.6 Å². The molecule has 0 bridgehead atoms. The molecular formula is C25H18ClN3O2. The molecule has 1 aliphatic heterocycles. The second kappa shape index (κ2) is 7.52. The third kappa shape index (κ3) is 3.14. The first-order valence-corrected chi connectivity index (χ1v) is 10.4. The van der Waals surface area contributed by atoms with Crippen LogP contribution < -0.4 is 10.5 Å². The Balaban J connectivity index is 1.81. The van der Waals surface area contributed by atoms with Gasteiger partial charge in [-0.25, -0.2) is 4.98 Å². The number of nitrogens with zero attached hydrogens (tertiary/aromatic N) is 3. The summed E-state index contributed by atoms with van der Waals surface area (Å²) >= 11 is 6.05. The van der Waals surface area contributed by atoms with Crippen molar-refractivity contribution in [1.29, 1.82) is 0 Å². The number of halogens is 1. The molecule has 5 nitrogen and oxygen atoms in total. The SMILES string of the molecule is CCN1C(=O)/C(=C\c2nc3ccccc3c(=O)n2-c2ccc(Cl)cc2)c2ccccc21. The summed E-state index contributed by atoms with van der Waals surface area (Å²) in [4.78, 5) is 33.1. The lowest BCUT2D eigenvalue weighted by atomic mass is 10.1. The highest BCUT2D eigenvalue weighted by atomic mass is 35.5. The lowest BCUT2D eigenvalue weighted by Crippen LogP contribution is -2.26. The van der Waals surface area contributed by atoms with Gasteiger partial charge in [-0.2, -0.15) is 0 Å². The Kier molecular flexibility index (Phi) is 4.68. The van der Waals surface area contributed by atoms with Crippen molar-refractivity contribution < 1.29 is 4.79 Å². The second-order valence-corrected chi connectivity index (χ2v) is 7.67. The summed E-state index contributed by atoms with van der Waals surface area (Å²) in [5.41, 5.74) is 3.22. The van der Waals surface area contributed by atoms with E-state index >= 15 is 0 Å². The Morgan fingerprint density at radius 1 is 0.935 bits per heavy atom. The van der Waals surface area contributed by atoms with Crippen LogP contribution in [0.25, 0.3) is 28.2 Å². The summed E-state index contributed by atoms with van der Waals surface area (Å²) < 4.78 is 1.52. The topological polar surface area (TPSA) is 55.2 Å². The smallest absolute Gasteiger partial charge is 0.266 e. The Hall–Kier alpha value is -3.70. The van der Waals surface area contributed by atoms with Crippen molar-refractivity contribution >= 4 is 45.7 Å². The highest BCUT2D eigenvalue weighted by Crippen LogP contribution is 2.37. The second-order valence-electron chi connectivity index (χ2n) is 7.23. The average molecular weight is 428 g/mol. The number of rotatable bonds is 3. The van der Waals surface area contributed by atoms with Crippen molar-refractivity contribution in [3.8, 4) is 5.69 Å². The molecule has 1 amide bonds. The van der Waals surface area contributed by atoms with Crippen molar-refractivity contribution in [2.24, 2.45) is 0 Å². The van der Waals surface area contributed by atoms with Gasteiger partial charge in [0.1, 0.15) is 5.82 Å². The van der Waals surface area contributed by atoms with Crippen LogP contribution in [0.2, 0.25) is 5.02 Å². The van der Waals surface area contributed by atoms with Crippen LogP contribution in [-0.4, -0.2) is 22.0 Å². The quantitative estimate of drug-likeness (QED) is 0.435. The van der Waals surface area contributed by atoms with E-state index < -0.39 is 0 Å². The van der Waals surface area contributed by atoms with E-state index in [0.29, 0.717) is 39.6 Å². The van der Waals surface area contributed by atoms with Crippen molar-refractivity contribution in [3.05, 3.63) is 99.6 Å². The largest absolute Gasteiger partial charge is 0.308 e. The predicted octanol–water partition coefficient (Wildman–Crippen LogP) is 4.95. The van der Waals surface area contributed by atoms with Crippen LogP contribution in [-0.2, 0) is 4.79 Å². The molecule has 3 aromatic carbocycles. The van der Waals surface area contributed by atoms with E-state index in [1.165, 1.54) is 4.57 Å². The molecule has 6 heteroatoms. The number of likely N-dealkylation sites (N-methyl/N-ethyl adjacent to an activating group) is 1. The molecule has 1 aliphatic rings. The first kappa shape index (κ1) is 19.3. The number of amides is 1. The fraction of sp³-hybridized carbons (Fsp3) is 0.0800. The third-order valence-corrected chi connectivity index (χ3v) is 5.69. The molecule has 5 rings (SSSR count).